The van der Waals surface area contributed by atoms with Crippen molar-refractivity contribution in [1.82, 2.24) is 0 Å². The van der Waals surface area contributed by atoms with Crippen LogP contribution in [0.3, 0.4) is 0 Å². The molecule has 0 aromatic heterocycles. The Kier molecular flexibility index (Phi) is 6.04. The van der Waals surface area contributed by atoms with Gasteiger partial charge in [-0.25, -0.2) is 0 Å². The SMILES string of the molecule is c1ccc(-c2c3ccccc3c(-c3ccc(-c4ccc5c(c4)-c4c(ccc6ccccc46)C54C5CC6CC(C5)CC4C6)cc3)c3ccccc23)cc1. The van der Waals surface area contributed by atoms with Gasteiger partial charge >= 0.3 is 0 Å². The molecule has 0 N–H and O–H groups in total. The van der Waals surface area contributed by atoms with Crippen LogP contribution in [0.25, 0.3) is 76.8 Å². The Morgan fingerprint density at radius 1 is 0.346 bits per heavy atom. The molecule has 52 heavy (non-hydrogen) atoms. The molecule has 0 heterocycles. The fourth-order valence-corrected chi connectivity index (χ4v) is 12.3. The fraction of sp³-hybridized carbons (Fsp3) is 0.192. The molecular formula is C52H40. The van der Waals surface area contributed by atoms with Crippen molar-refractivity contribution in [2.75, 3.05) is 0 Å². The van der Waals surface area contributed by atoms with Gasteiger partial charge in [0.25, 0.3) is 0 Å². The quantitative estimate of drug-likeness (QED) is 0.165. The number of benzene rings is 8. The van der Waals surface area contributed by atoms with Crippen molar-refractivity contribution in [3.05, 3.63) is 169 Å². The second-order valence-corrected chi connectivity index (χ2v) is 16.4. The molecule has 0 atom stereocenters. The predicted octanol–water partition coefficient (Wildman–Crippen LogP) is 13.9. The van der Waals surface area contributed by atoms with Crippen molar-refractivity contribution >= 4 is 32.3 Å². The van der Waals surface area contributed by atoms with E-state index in [1.54, 1.807) is 11.1 Å². The second kappa shape index (κ2) is 10.8. The lowest BCUT2D eigenvalue weighted by atomic mass is 9.43. The van der Waals surface area contributed by atoms with Gasteiger partial charge in [0.05, 0.1) is 0 Å². The summed E-state index contributed by atoms with van der Waals surface area (Å²) >= 11 is 0. The van der Waals surface area contributed by atoms with Gasteiger partial charge in [0.15, 0.2) is 0 Å². The average molecular weight is 665 g/mol. The minimum absolute atomic E-state index is 0.179. The van der Waals surface area contributed by atoms with Gasteiger partial charge in [-0.1, -0.05) is 152 Å². The van der Waals surface area contributed by atoms with Crippen molar-refractivity contribution in [2.45, 2.75) is 37.5 Å². The topological polar surface area (TPSA) is 0 Å². The summed E-state index contributed by atoms with van der Waals surface area (Å²) in [6.45, 7) is 0. The van der Waals surface area contributed by atoms with Gasteiger partial charge in [-0.15, -0.1) is 0 Å². The van der Waals surface area contributed by atoms with Gasteiger partial charge in [-0.2, -0.15) is 0 Å². The molecule has 0 saturated heterocycles. The average Bonchev–Trinajstić information content (AvgIpc) is 3.49. The third kappa shape index (κ3) is 3.88. The third-order valence-corrected chi connectivity index (χ3v) is 14.0. The summed E-state index contributed by atoms with van der Waals surface area (Å²) in [7, 11) is 0. The molecule has 248 valence electrons. The van der Waals surface area contributed by atoms with Gasteiger partial charge < -0.3 is 0 Å². The normalized spacial score (nSPS) is 23.8. The Hall–Kier alpha value is -5.46. The van der Waals surface area contributed by atoms with E-state index in [0.717, 1.165) is 23.7 Å². The van der Waals surface area contributed by atoms with Crippen LogP contribution in [0.2, 0.25) is 0 Å². The lowest BCUT2D eigenvalue weighted by Crippen LogP contribution is -2.55. The van der Waals surface area contributed by atoms with Crippen LogP contribution in [0, 0.1) is 23.7 Å². The van der Waals surface area contributed by atoms with Crippen molar-refractivity contribution in [2.24, 2.45) is 23.7 Å². The molecule has 8 aromatic carbocycles. The van der Waals surface area contributed by atoms with E-state index in [4.69, 9.17) is 0 Å². The van der Waals surface area contributed by atoms with Crippen LogP contribution < -0.4 is 0 Å². The molecule has 4 bridgehead atoms. The summed E-state index contributed by atoms with van der Waals surface area (Å²) in [5.41, 5.74) is 14.2. The zero-order valence-corrected chi connectivity index (χ0v) is 29.4. The number of hydrogen-bond acceptors (Lipinski definition) is 0. The molecule has 1 spiro atoms. The van der Waals surface area contributed by atoms with Crippen LogP contribution in [0.1, 0.15) is 43.2 Å². The highest BCUT2D eigenvalue weighted by molar-refractivity contribution is 6.21. The maximum Gasteiger partial charge on any atom is 0.0272 e. The lowest BCUT2D eigenvalue weighted by molar-refractivity contribution is -0.0399. The summed E-state index contributed by atoms with van der Waals surface area (Å²) in [6, 6.07) is 60.0. The molecule has 0 aliphatic heterocycles. The Labute approximate surface area is 305 Å². The van der Waals surface area contributed by atoms with E-state index in [0.29, 0.717) is 0 Å². The van der Waals surface area contributed by atoms with Gasteiger partial charge in [0.1, 0.15) is 0 Å². The van der Waals surface area contributed by atoms with E-state index in [1.165, 1.54) is 109 Å². The monoisotopic (exact) mass is 664 g/mol. The van der Waals surface area contributed by atoms with E-state index < -0.39 is 0 Å². The van der Waals surface area contributed by atoms with E-state index in [2.05, 4.69) is 158 Å². The molecule has 0 radical (unpaired) electrons. The second-order valence-electron chi connectivity index (χ2n) is 16.4. The van der Waals surface area contributed by atoms with Crippen molar-refractivity contribution in [3.8, 4) is 44.5 Å². The minimum Gasteiger partial charge on any atom is -0.0622 e. The smallest absolute Gasteiger partial charge is 0.0272 e. The van der Waals surface area contributed by atoms with E-state index in [-0.39, 0.29) is 5.41 Å². The highest BCUT2D eigenvalue weighted by atomic mass is 14.6. The minimum atomic E-state index is 0.179. The first-order chi connectivity index (χ1) is 25.8. The van der Waals surface area contributed by atoms with Gasteiger partial charge in [-0.05, 0) is 150 Å². The van der Waals surface area contributed by atoms with Crippen LogP contribution in [0.4, 0.5) is 0 Å². The molecule has 0 heteroatoms. The van der Waals surface area contributed by atoms with Crippen molar-refractivity contribution < 1.29 is 0 Å². The van der Waals surface area contributed by atoms with Crippen LogP contribution in [-0.4, -0.2) is 0 Å². The molecule has 0 amide bonds. The molecule has 5 aliphatic carbocycles. The molecule has 8 aromatic rings. The Balaban J connectivity index is 1.02. The molecule has 0 unspecified atom stereocenters. The lowest BCUT2D eigenvalue weighted by Gasteiger charge is -2.61. The number of fused-ring (bicyclic) bond motifs is 7. The zero-order chi connectivity index (χ0) is 34.0. The van der Waals surface area contributed by atoms with E-state index in [9.17, 15) is 0 Å². The first-order valence-electron chi connectivity index (χ1n) is 19.5. The third-order valence-electron chi connectivity index (χ3n) is 14.0. The summed E-state index contributed by atoms with van der Waals surface area (Å²) in [6.07, 6.45) is 7.14. The number of hydrogen-bond donors (Lipinski definition) is 0. The standard InChI is InChI=1S/C52H40/c1-2-11-36(12-3-1)49-42-14-6-8-16-44(42)50(45-17-9-7-15-43(45)49)37-20-18-34(19-21-37)38-23-24-47-46(31-38)51-41-13-5-4-10-35(41)22-25-48(51)52(47)39-27-32-26-33(29-39)30-40(52)28-32/h1-25,31-33,39-40H,26-30H2. The summed E-state index contributed by atoms with van der Waals surface area (Å²) in [4.78, 5) is 0. The van der Waals surface area contributed by atoms with Gasteiger partial charge in [0.2, 0.25) is 0 Å². The first kappa shape index (κ1) is 29.2. The van der Waals surface area contributed by atoms with E-state index in [1.807, 2.05) is 0 Å². The maximum absolute atomic E-state index is 2.57. The molecule has 4 fully saturated rings. The summed E-state index contributed by atoms with van der Waals surface area (Å²) in [5, 5.41) is 7.99. The highest BCUT2D eigenvalue weighted by Gasteiger charge is 2.61. The Morgan fingerprint density at radius 3 is 1.44 bits per heavy atom. The molecule has 4 saturated carbocycles. The first-order valence-corrected chi connectivity index (χ1v) is 19.5. The van der Waals surface area contributed by atoms with Crippen molar-refractivity contribution in [1.29, 1.82) is 0 Å². The Morgan fingerprint density at radius 2 is 0.827 bits per heavy atom. The zero-order valence-electron chi connectivity index (χ0n) is 29.4. The molecular weight excluding hydrogens is 625 g/mol. The van der Waals surface area contributed by atoms with Crippen molar-refractivity contribution in [3.63, 3.8) is 0 Å². The van der Waals surface area contributed by atoms with Crippen LogP contribution in [0.15, 0.2) is 158 Å². The van der Waals surface area contributed by atoms with Gasteiger partial charge in [0, 0.05) is 5.41 Å². The fourth-order valence-electron chi connectivity index (χ4n) is 12.3. The molecule has 13 rings (SSSR count). The van der Waals surface area contributed by atoms with E-state index >= 15 is 0 Å². The maximum atomic E-state index is 2.57. The van der Waals surface area contributed by atoms with Crippen LogP contribution in [0.5, 0.6) is 0 Å². The predicted molar refractivity (Wildman–Crippen MR) is 219 cm³/mol. The Bertz CT molecular complexity index is 2650. The van der Waals surface area contributed by atoms with Crippen LogP contribution in [-0.2, 0) is 5.41 Å². The summed E-state index contributed by atoms with van der Waals surface area (Å²) in [5.74, 6) is 3.44. The molecule has 5 aliphatic rings. The van der Waals surface area contributed by atoms with Gasteiger partial charge in [-0.3, -0.25) is 0 Å². The largest absolute Gasteiger partial charge is 0.0622 e. The number of rotatable bonds is 3. The van der Waals surface area contributed by atoms with Crippen LogP contribution >= 0.6 is 0 Å². The molecule has 0 nitrogen and oxygen atoms in total. The highest BCUT2D eigenvalue weighted by Crippen LogP contribution is 2.70. The summed E-state index contributed by atoms with van der Waals surface area (Å²) < 4.78 is 0.